The van der Waals surface area contributed by atoms with E-state index in [9.17, 15) is 10.2 Å². The van der Waals surface area contributed by atoms with Crippen molar-refractivity contribution in [2.75, 3.05) is 188 Å². The van der Waals surface area contributed by atoms with E-state index in [4.69, 9.17) is 20.4 Å². The van der Waals surface area contributed by atoms with Crippen LogP contribution in [0.25, 0.3) is 0 Å². The number of hydrogen-bond donors (Lipinski definition) is 6. The molecule has 0 unspecified atom stereocenters. The molecule has 6 nitrogen and oxygen atoms in total. The van der Waals surface area contributed by atoms with Gasteiger partial charge in [-0.1, -0.05) is 240 Å². The Bertz CT molecular complexity index is 1240. The van der Waals surface area contributed by atoms with Gasteiger partial charge in [0.15, 0.2) is 0 Å². The maximum atomic E-state index is 9.33. The van der Waals surface area contributed by atoms with Crippen molar-refractivity contribution in [2.24, 2.45) is 0 Å². The number of hydrogen-bond acceptors (Lipinski definition) is 6. The number of aliphatic hydroxyl groups is 6. The molecule has 0 atom stereocenters. The zero-order chi connectivity index (χ0) is 77.2. The summed E-state index contributed by atoms with van der Waals surface area (Å²) in [5, 5.41) is 55.0. The van der Waals surface area contributed by atoms with E-state index >= 15 is 0 Å². The van der Waals surface area contributed by atoms with Crippen molar-refractivity contribution in [1.29, 1.82) is 0 Å². The number of unbranched alkanes of at least 4 members (excludes halogenated alkanes) is 19. The Morgan fingerprint density at radius 1 is 0.131 bits per heavy atom. The van der Waals surface area contributed by atoms with Crippen molar-refractivity contribution in [3.05, 3.63) is 0 Å². The number of halogens is 6. The highest BCUT2D eigenvalue weighted by Crippen LogP contribution is 2.65. The first-order valence-electron chi connectivity index (χ1n) is 45.7. The fourth-order valence-corrected chi connectivity index (χ4v) is 45.1. The van der Waals surface area contributed by atoms with Gasteiger partial charge in [0, 0.05) is 89.3 Å². The summed E-state index contributed by atoms with van der Waals surface area (Å²) in [6.07, 6.45) is 88.9. The fraction of sp³-hybridized carbons (Fsp3) is 1.00. The molecule has 0 saturated carbocycles. The summed E-state index contributed by atoms with van der Waals surface area (Å²) in [6.45, 7) is 43.8. The lowest BCUT2D eigenvalue weighted by atomic mass is 10.4. The summed E-state index contributed by atoms with van der Waals surface area (Å²) >= 11 is 0. The molecule has 0 radical (unpaired) electrons. The van der Waals surface area contributed by atoms with E-state index in [2.05, 4.69) is 125 Å². The molecular formula is C89H202Br2Cl2I2O6P6. The van der Waals surface area contributed by atoms with E-state index in [0.29, 0.717) is 39.6 Å². The molecule has 0 amide bonds. The van der Waals surface area contributed by atoms with Gasteiger partial charge in [0.2, 0.25) is 0 Å². The van der Waals surface area contributed by atoms with Gasteiger partial charge in [-0.25, -0.2) is 0 Å². The van der Waals surface area contributed by atoms with Crippen LogP contribution in [0.2, 0.25) is 0 Å². The molecule has 0 fully saturated rings. The van der Waals surface area contributed by atoms with Crippen molar-refractivity contribution in [3.8, 4) is 0 Å². The second-order valence-corrected chi connectivity index (χ2v) is 58.7. The van der Waals surface area contributed by atoms with Gasteiger partial charge >= 0.3 is 0 Å². The minimum absolute atomic E-state index is 0. The van der Waals surface area contributed by atoms with Crippen LogP contribution in [0.5, 0.6) is 0 Å². The molecule has 0 aromatic heterocycles. The summed E-state index contributed by atoms with van der Waals surface area (Å²) in [5.41, 5.74) is 0. The second kappa shape index (κ2) is 107. The fourth-order valence-electron chi connectivity index (χ4n) is 15.1. The van der Waals surface area contributed by atoms with E-state index in [0.717, 1.165) is 38.0 Å². The first-order chi connectivity index (χ1) is 49.0. The molecule has 0 bridgehead atoms. The average molecular weight is 2040 g/mol. The molecule has 0 aliphatic rings. The lowest BCUT2D eigenvalue weighted by molar-refractivity contribution is -0.00100. The molecule has 666 valence electrons. The highest BCUT2D eigenvalue weighted by Gasteiger charge is 2.39. The van der Waals surface area contributed by atoms with Crippen LogP contribution in [-0.4, -0.2) is 218 Å². The molecule has 0 aliphatic heterocycles. The predicted octanol–water partition coefficient (Wildman–Crippen LogP) is 10.4. The Labute approximate surface area is 749 Å². The van der Waals surface area contributed by atoms with Crippen LogP contribution in [0.1, 0.15) is 388 Å². The van der Waals surface area contributed by atoms with Crippen LogP contribution in [-0.2, 0) is 0 Å². The van der Waals surface area contributed by atoms with Crippen LogP contribution < -0.4 is 107 Å². The second-order valence-electron chi connectivity index (χ2n) is 31.9. The van der Waals surface area contributed by atoms with Crippen LogP contribution in [0.15, 0.2) is 0 Å². The van der Waals surface area contributed by atoms with E-state index < -0.39 is 43.6 Å². The van der Waals surface area contributed by atoms with Crippen LogP contribution in [0, 0.1) is 0 Å². The smallest absolute Gasteiger partial charge is 0.0825 e. The minimum Gasteiger partial charge on any atom is -1.00 e. The van der Waals surface area contributed by atoms with Gasteiger partial charge in [0.05, 0.1) is 161 Å². The molecular weight excluding hydrogens is 1840 g/mol. The van der Waals surface area contributed by atoms with Gasteiger partial charge in [-0.3, -0.25) is 0 Å². The normalized spacial score (nSPS) is 11.3. The van der Waals surface area contributed by atoms with Gasteiger partial charge in [0.25, 0.3) is 0 Å². The molecule has 0 saturated heterocycles. The van der Waals surface area contributed by atoms with Crippen molar-refractivity contribution in [2.45, 2.75) is 388 Å². The monoisotopic (exact) mass is 2030 g/mol. The van der Waals surface area contributed by atoms with Crippen LogP contribution >= 0.6 is 43.6 Å². The quantitative estimate of drug-likeness (QED) is 0.0205. The average Bonchev–Trinajstić information content (AvgIpc) is 0.919. The maximum Gasteiger partial charge on any atom is 0.0825 e. The number of aliphatic hydroxyl groups excluding tert-OH is 6. The molecule has 107 heavy (non-hydrogen) atoms. The van der Waals surface area contributed by atoms with Gasteiger partial charge in [0.1, 0.15) is 0 Å². The molecule has 0 rings (SSSR count). The van der Waals surface area contributed by atoms with E-state index in [-0.39, 0.29) is 107 Å². The molecule has 0 aliphatic carbocycles. The van der Waals surface area contributed by atoms with Crippen LogP contribution in [0.3, 0.4) is 0 Å². The third-order valence-electron chi connectivity index (χ3n) is 22.3. The Hall–Kier alpha value is 5.34. The lowest BCUT2D eigenvalue weighted by Crippen LogP contribution is -3.00. The predicted molar refractivity (Wildman–Crippen MR) is 492 cm³/mol. The summed E-state index contributed by atoms with van der Waals surface area (Å²) in [4.78, 5) is 0. The Morgan fingerprint density at radius 3 is 0.318 bits per heavy atom. The Balaban J connectivity index is -0.000000100. The molecule has 0 spiro atoms. The summed E-state index contributed by atoms with van der Waals surface area (Å²) in [6, 6.07) is 0. The first kappa shape index (κ1) is 138. The van der Waals surface area contributed by atoms with Crippen molar-refractivity contribution >= 4 is 43.6 Å². The standard InChI is InChI=1S/C16H36OP.3C15H34OP.2C14H32OP.2BrH.2ClH.2HI/c1-4-7-13-18(14-8-5-2,15-9-6-3)16-11-10-12-17;3*1-4-7-12-17(13-8-5-2,14-9-6-3)15-10-11-16;2*1-4-7-11-16(14-10-15,12-8-5-2)13-9-6-3;;;;;;/h17H,4-16H2,1-3H3;3*16H,4-15H2,1-3H3;2*15H,4-14H2,1-3H3;6*1H/q6*+1;;;;;;/p-6. The minimum atomic E-state index is -0.796. The van der Waals surface area contributed by atoms with E-state index in [1.165, 1.54) is 373 Å². The van der Waals surface area contributed by atoms with Gasteiger partial charge in [-0.05, 0) is 128 Å². The van der Waals surface area contributed by atoms with E-state index in [1.807, 2.05) is 0 Å². The van der Waals surface area contributed by atoms with Gasteiger partial charge in [-0.15, -0.1) is 0 Å². The summed E-state index contributed by atoms with van der Waals surface area (Å²) in [7, 11) is -4.44. The Kier molecular flexibility index (Phi) is 139. The largest absolute Gasteiger partial charge is 1.00 e. The third kappa shape index (κ3) is 86.1. The third-order valence-corrected chi connectivity index (χ3v) is 52.4. The summed E-state index contributed by atoms with van der Waals surface area (Å²) in [5.74, 6) is 0. The van der Waals surface area contributed by atoms with Crippen molar-refractivity contribution < 1.29 is 137 Å². The molecule has 0 heterocycles. The molecule has 0 aromatic carbocycles. The number of rotatable bonds is 71. The zero-order valence-corrected chi connectivity index (χ0v) is 90.2. The first-order valence-corrected chi connectivity index (χ1v) is 60.9. The highest BCUT2D eigenvalue weighted by atomic mass is 127. The molecule has 0 aromatic rings. The van der Waals surface area contributed by atoms with Gasteiger partial charge < -0.3 is 137 Å². The topological polar surface area (TPSA) is 121 Å². The zero-order valence-electron chi connectivity index (χ0n) is 75.8. The van der Waals surface area contributed by atoms with Crippen molar-refractivity contribution in [3.63, 3.8) is 0 Å². The lowest BCUT2D eigenvalue weighted by Gasteiger charge is -2.28. The molecule has 6 N–H and O–H groups in total. The summed E-state index contributed by atoms with van der Waals surface area (Å²) < 4.78 is 0. The van der Waals surface area contributed by atoms with Gasteiger partial charge in [-0.2, -0.15) is 0 Å². The Morgan fingerprint density at radius 2 is 0.224 bits per heavy atom. The van der Waals surface area contributed by atoms with E-state index in [1.54, 1.807) is 0 Å². The SMILES string of the molecule is CCCC[P+](CCCC)(CCCC)CCCCO.CCCC[P+](CCCC)(CCCC)CCCO.CCCC[P+](CCCC)(CCCC)CCCO.CCCC[P+](CCCC)(CCCC)CCCO.CCCC[P+](CCO)(CCCC)CCCC.CCCC[P+](CCO)(CCCC)CCCC.[Br-].[Br-].[Cl-].[Cl-].[I-].[I-]. The maximum absolute atomic E-state index is 9.33. The van der Waals surface area contributed by atoms with Crippen LogP contribution in [0.4, 0.5) is 0 Å². The van der Waals surface area contributed by atoms with Crippen molar-refractivity contribution in [1.82, 2.24) is 0 Å². The highest BCUT2D eigenvalue weighted by molar-refractivity contribution is 7.77. The molecule has 18 heteroatoms.